The highest BCUT2D eigenvalue weighted by atomic mass is 19.3. The molecule has 0 aromatic heterocycles. The lowest BCUT2D eigenvalue weighted by Gasteiger charge is -2.38. The van der Waals surface area contributed by atoms with E-state index in [9.17, 15) is 13.6 Å². The largest absolute Gasteiger partial charge is 0.360 e. The van der Waals surface area contributed by atoms with Crippen LogP contribution in [0.1, 0.15) is 13.8 Å². The van der Waals surface area contributed by atoms with Gasteiger partial charge in [0.2, 0.25) is 0 Å². The zero-order chi connectivity index (χ0) is 11.6. The van der Waals surface area contributed by atoms with Gasteiger partial charge in [0.25, 0.3) is 12.3 Å². The summed E-state index contributed by atoms with van der Waals surface area (Å²) in [5, 5.41) is 0. The van der Waals surface area contributed by atoms with Crippen LogP contribution in [0.3, 0.4) is 0 Å². The molecule has 5 heteroatoms. The van der Waals surface area contributed by atoms with Crippen molar-refractivity contribution in [3.8, 4) is 0 Å². The average molecular weight is 218 g/mol. The predicted molar refractivity (Wildman–Crippen MR) is 53.6 cm³/mol. The Labute approximate surface area is 88.3 Å². The third kappa shape index (κ3) is 2.67. The zero-order valence-electron chi connectivity index (χ0n) is 9.04. The summed E-state index contributed by atoms with van der Waals surface area (Å²) >= 11 is 0. The number of halogens is 2. The highest BCUT2D eigenvalue weighted by molar-refractivity contribution is 5.93. The van der Waals surface area contributed by atoms with Gasteiger partial charge in [-0.15, -0.1) is 0 Å². The second kappa shape index (κ2) is 4.59. The molecule has 1 fully saturated rings. The second-order valence-electron chi connectivity index (χ2n) is 3.88. The van der Waals surface area contributed by atoms with Gasteiger partial charge in [0.15, 0.2) is 0 Å². The summed E-state index contributed by atoms with van der Waals surface area (Å²) in [6.45, 7) is 7.88. The summed E-state index contributed by atoms with van der Waals surface area (Å²) in [7, 11) is 0. The van der Waals surface area contributed by atoms with E-state index in [1.54, 1.807) is 4.90 Å². The molecule has 0 atom stereocenters. The van der Waals surface area contributed by atoms with E-state index in [-0.39, 0.29) is 17.6 Å². The van der Waals surface area contributed by atoms with Gasteiger partial charge in [0.05, 0.1) is 12.2 Å². The molecule has 0 aromatic carbocycles. The van der Waals surface area contributed by atoms with E-state index < -0.39 is 13.0 Å². The van der Waals surface area contributed by atoms with Gasteiger partial charge in [-0.3, -0.25) is 4.79 Å². The lowest BCUT2D eigenvalue weighted by molar-refractivity contribution is -0.133. The van der Waals surface area contributed by atoms with E-state index in [1.165, 1.54) is 4.90 Å². The Morgan fingerprint density at radius 3 is 2.47 bits per heavy atom. The van der Waals surface area contributed by atoms with Crippen LogP contribution in [0.2, 0.25) is 0 Å². The molecule has 1 heterocycles. The molecule has 1 rings (SSSR count). The van der Waals surface area contributed by atoms with Crippen LogP contribution in [0.25, 0.3) is 0 Å². The van der Waals surface area contributed by atoms with Crippen LogP contribution in [0.4, 0.5) is 8.78 Å². The van der Waals surface area contributed by atoms with Gasteiger partial charge in [0, 0.05) is 19.1 Å². The fourth-order valence-electron chi connectivity index (χ4n) is 1.63. The molecule has 0 saturated carbocycles. The van der Waals surface area contributed by atoms with Gasteiger partial charge < -0.3 is 9.80 Å². The molecule has 0 spiro atoms. The van der Waals surface area contributed by atoms with Crippen LogP contribution < -0.4 is 0 Å². The lowest BCUT2D eigenvalue weighted by Crippen LogP contribution is -2.51. The third-order valence-electron chi connectivity index (χ3n) is 2.48. The molecule has 0 N–H and O–H groups in total. The number of alkyl halides is 2. The van der Waals surface area contributed by atoms with Gasteiger partial charge >= 0.3 is 0 Å². The quantitative estimate of drug-likeness (QED) is 0.667. The Morgan fingerprint density at radius 1 is 1.40 bits per heavy atom. The van der Waals surface area contributed by atoms with Crippen molar-refractivity contribution in [2.75, 3.05) is 19.6 Å². The summed E-state index contributed by atoms with van der Waals surface area (Å²) in [4.78, 5) is 14.7. The Bertz CT molecular complexity index is 266. The number of rotatable bonds is 3. The number of nitrogens with zero attached hydrogens (tertiary/aromatic N) is 2. The molecule has 1 amide bonds. The molecular formula is C10H16F2N2O. The minimum absolute atomic E-state index is 0.0861. The molecule has 1 aliphatic rings. The van der Waals surface area contributed by atoms with Crippen LogP contribution in [-0.2, 0) is 4.79 Å². The molecule has 0 bridgehead atoms. The topological polar surface area (TPSA) is 23.6 Å². The molecule has 0 aromatic rings. The first-order chi connectivity index (χ1) is 6.93. The molecule has 0 unspecified atom stereocenters. The van der Waals surface area contributed by atoms with E-state index in [0.717, 1.165) is 0 Å². The van der Waals surface area contributed by atoms with E-state index in [2.05, 4.69) is 6.58 Å². The molecule has 15 heavy (non-hydrogen) atoms. The van der Waals surface area contributed by atoms with Gasteiger partial charge in [-0.05, 0) is 13.8 Å². The molecular weight excluding hydrogens is 202 g/mol. The summed E-state index contributed by atoms with van der Waals surface area (Å²) in [6.07, 6.45) is -2.43. The van der Waals surface area contributed by atoms with Crippen LogP contribution >= 0.6 is 0 Å². The van der Waals surface area contributed by atoms with Crippen LogP contribution in [-0.4, -0.2) is 47.8 Å². The van der Waals surface area contributed by atoms with Gasteiger partial charge in [0.1, 0.15) is 0 Å². The summed E-state index contributed by atoms with van der Waals surface area (Å²) in [5.74, 6) is -0.239. The molecule has 0 aliphatic carbocycles. The molecule has 1 aliphatic heterocycles. The number of amides is 1. The Hall–Kier alpha value is -1.13. The van der Waals surface area contributed by atoms with E-state index in [0.29, 0.717) is 13.1 Å². The van der Waals surface area contributed by atoms with Gasteiger partial charge in [-0.25, -0.2) is 8.78 Å². The van der Waals surface area contributed by atoms with E-state index in [1.807, 2.05) is 13.8 Å². The number of piperazine rings is 1. The lowest BCUT2D eigenvalue weighted by atomic mass is 10.2. The summed E-state index contributed by atoms with van der Waals surface area (Å²) in [5.41, 5.74) is 0.176. The summed E-state index contributed by atoms with van der Waals surface area (Å²) < 4.78 is 24.3. The molecule has 0 radical (unpaired) electrons. The second-order valence-corrected chi connectivity index (χ2v) is 3.88. The van der Waals surface area contributed by atoms with Crippen LogP contribution in [0.15, 0.2) is 12.3 Å². The first-order valence-electron chi connectivity index (χ1n) is 4.96. The van der Waals surface area contributed by atoms with Crippen molar-refractivity contribution in [3.63, 3.8) is 0 Å². The summed E-state index contributed by atoms with van der Waals surface area (Å²) in [6, 6.07) is 0.0861. The van der Waals surface area contributed by atoms with Crippen molar-refractivity contribution in [2.45, 2.75) is 26.3 Å². The monoisotopic (exact) mass is 218 g/mol. The SMILES string of the molecule is C=C1C(=O)N(C(C)C)CCN1CC(F)F. The highest BCUT2D eigenvalue weighted by Gasteiger charge is 2.29. The fourth-order valence-corrected chi connectivity index (χ4v) is 1.63. The average Bonchev–Trinajstić information content (AvgIpc) is 2.12. The Balaban J connectivity index is 2.65. The third-order valence-corrected chi connectivity index (χ3v) is 2.48. The van der Waals surface area contributed by atoms with Crippen LogP contribution in [0, 0.1) is 0 Å². The maximum Gasteiger partial charge on any atom is 0.269 e. The van der Waals surface area contributed by atoms with Crippen molar-refractivity contribution in [1.82, 2.24) is 9.80 Å². The van der Waals surface area contributed by atoms with Crippen LogP contribution in [0.5, 0.6) is 0 Å². The van der Waals surface area contributed by atoms with E-state index in [4.69, 9.17) is 0 Å². The first-order valence-corrected chi connectivity index (χ1v) is 4.96. The Kier molecular flexibility index (Phi) is 3.66. The maximum atomic E-state index is 12.2. The fraction of sp³-hybridized carbons (Fsp3) is 0.700. The number of hydrogen-bond acceptors (Lipinski definition) is 2. The van der Waals surface area contributed by atoms with Crippen molar-refractivity contribution in [1.29, 1.82) is 0 Å². The van der Waals surface area contributed by atoms with Crippen molar-refractivity contribution in [2.24, 2.45) is 0 Å². The minimum atomic E-state index is -2.43. The normalized spacial score (nSPS) is 18.3. The van der Waals surface area contributed by atoms with E-state index >= 15 is 0 Å². The van der Waals surface area contributed by atoms with Gasteiger partial charge in [-0.2, -0.15) is 0 Å². The maximum absolute atomic E-state index is 12.2. The molecule has 1 saturated heterocycles. The number of carbonyl (C=O) groups is 1. The zero-order valence-corrected chi connectivity index (χ0v) is 9.04. The number of hydrogen-bond donors (Lipinski definition) is 0. The Morgan fingerprint density at radius 2 is 2.00 bits per heavy atom. The van der Waals surface area contributed by atoms with Crippen molar-refractivity contribution in [3.05, 3.63) is 12.3 Å². The molecule has 86 valence electrons. The van der Waals surface area contributed by atoms with Gasteiger partial charge in [-0.1, -0.05) is 6.58 Å². The smallest absolute Gasteiger partial charge is 0.269 e. The van der Waals surface area contributed by atoms with Crippen molar-refractivity contribution < 1.29 is 13.6 Å². The van der Waals surface area contributed by atoms with Crippen molar-refractivity contribution >= 4 is 5.91 Å². The number of carbonyl (C=O) groups excluding carboxylic acids is 1. The predicted octanol–water partition coefficient (Wildman–Crippen LogP) is 1.32. The molecule has 3 nitrogen and oxygen atoms in total. The highest BCUT2D eigenvalue weighted by Crippen LogP contribution is 2.16. The first kappa shape index (κ1) is 11.9. The standard InChI is InChI=1S/C10H16F2N2O/c1-7(2)14-5-4-13(6-9(11)12)8(3)10(14)15/h7,9H,3-6H2,1-2H3. The minimum Gasteiger partial charge on any atom is -0.360 e.